The van der Waals surface area contributed by atoms with Crippen molar-refractivity contribution in [2.24, 2.45) is 5.10 Å². The molecule has 0 spiro atoms. The van der Waals surface area contributed by atoms with Crippen LogP contribution in [-0.4, -0.2) is 30.4 Å². The molecule has 2 aromatic carbocycles. The van der Waals surface area contributed by atoms with E-state index in [1.54, 1.807) is 48.5 Å². The van der Waals surface area contributed by atoms with Crippen LogP contribution in [0.15, 0.2) is 59.7 Å². The molecule has 150 valence electrons. The van der Waals surface area contributed by atoms with Crippen molar-refractivity contribution in [1.82, 2.24) is 9.97 Å². The van der Waals surface area contributed by atoms with Crippen LogP contribution in [0.5, 0.6) is 11.5 Å². The fourth-order valence-electron chi connectivity index (χ4n) is 2.47. The van der Waals surface area contributed by atoms with Crippen LogP contribution in [0, 0.1) is 0 Å². The molecule has 0 aliphatic heterocycles. The van der Waals surface area contributed by atoms with Crippen molar-refractivity contribution in [3.8, 4) is 22.9 Å². The average molecular weight is 402 g/mol. The largest absolute Gasteiger partial charge is 0.493 e. The van der Waals surface area contributed by atoms with E-state index in [-0.39, 0.29) is 11.6 Å². The summed E-state index contributed by atoms with van der Waals surface area (Å²) in [5, 5.41) is 3.97. The quantitative estimate of drug-likeness (QED) is 0.481. The van der Waals surface area contributed by atoms with E-state index in [1.165, 1.54) is 20.4 Å². The fraction of sp³-hybridized carbons (Fsp3) is 0.150. The van der Waals surface area contributed by atoms with E-state index in [4.69, 9.17) is 9.47 Å². The van der Waals surface area contributed by atoms with Crippen LogP contribution < -0.4 is 14.9 Å². The number of hydrogen-bond acceptors (Lipinski definition) is 6. The molecule has 0 amide bonds. The van der Waals surface area contributed by atoms with E-state index < -0.39 is 11.9 Å². The maximum Gasteiger partial charge on any atom is 0.433 e. The number of rotatable bonds is 6. The zero-order chi connectivity index (χ0) is 20.9. The van der Waals surface area contributed by atoms with Crippen molar-refractivity contribution >= 4 is 12.0 Å². The third-order valence-corrected chi connectivity index (χ3v) is 3.85. The van der Waals surface area contributed by atoms with Gasteiger partial charge in [-0.25, -0.2) is 9.97 Å². The molecule has 0 saturated heterocycles. The number of hydrogen-bond donors (Lipinski definition) is 1. The van der Waals surface area contributed by atoms with Crippen molar-refractivity contribution in [3.63, 3.8) is 0 Å². The molecule has 6 nitrogen and oxygen atoms in total. The van der Waals surface area contributed by atoms with Crippen LogP contribution >= 0.6 is 0 Å². The lowest BCUT2D eigenvalue weighted by Gasteiger charge is -2.10. The van der Waals surface area contributed by atoms with Crippen molar-refractivity contribution in [2.75, 3.05) is 19.6 Å². The number of ether oxygens (including phenoxy) is 2. The first kappa shape index (κ1) is 20.1. The van der Waals surface area contributed by atoms with E-state index in [1.807, 2.05) is 0 Å². The third-order valence-electron chi connectivity index (χ3n) is 3.85. The Balaban J connectivity index is 1.88. The van der Waals surface area contributed by atoms with Gasteiger partial charge in [-0.15, -0.1) is 0 Å². The van der Waals surface area contributed by atoms with Gasteiger partial charge in [0.25, 0.3) is 0 Å². The fourth-order valence-corrected chi connectivity index (χ4v) is 2.47. The molecule has 0 radical (unpaired) electrons. The van der Waals surface area contributed by atoms with E-state index >= 15 is 0 Å². The van der Waals surface area contributed by atoms with E-state index in [2.05, 4.69) is 20.5 Å². The summed E-state index contributed by atoms with van der Waals surface area (Å²) >= 11 is 0. The molecule has 0 bridgehead atoms. The van der Waals surface area contributed by atoms with Gasteiger partial charge in [0.15, 0.2) is 28.8 Å². The molecule has 0 fully saturated rings. The van der Waals surface area contributed by atoms with Crippen LogP contribution in [0.4, 0.5) is 19.0 Å². The number of anilines is 1. The smallest absolute Gasteiger partial charge is 0.433 e. The first-order chi connectivity index (χ1) is 13.9. The molecule has 0 aliphatic rings. The van der Waals surface area contributed by atoms with E-state index in [0.29, 0.717) is 22.6 Å². The Bertz CT molecular complexity index is 1010. The maximum atomic E-state index is 13.2. The lowest BCUT2D eigenvalue weighted by Crippen LogP contribution is -2.11. The van der Waals surface area contributed by atoms with E-state index in [9.17, 15) is 13.2 Å². The number of hydrazone groups is 1. The Labute approximate surface area is 165 Å². The Morgan fingerprint density at radius 3 is 2.31 bits per heavy atom. The first-order valence-electron chi connectivity index (χ1n) is 8.43. The number of halogens is 3. The van der Waals surface area contributed by atoms with Crippen LogP contribution in [0.2, 0.25) is 0 Å². The Morgan fingerprint density at radius 2 is 1.66 bits per heavy atom. The van der Waals surface area contributed by atoms with Gasteiger partial charge < -0.3 is 9.47 Å². The van der Waals surface area contributed by atoms with Gasteiger partial charge in [0.2, 0.25) is 0 Å². The minimum Gasteiger partial charge on any atom is -0.493 e. The highest BCUT2D eigenvalue weighted by atomic mass is 19.4. The topological polar surface area (TPSA) is 68.6 Å². The van der Waals surface area contributed by atoms with Crippen molar-refractivity contribution in [2.45, 2.75) is 6.18 Å². The second-order valence-electron chi connectivity index (χ2n) is 5.81. The van der Waals surface area contributed by atoms with Gasteiger partial charge in [-0.3, -0.25) is 5.43 Å². The zero-order valence-electron chi connectivity index (χ0n) is 15.6. The Morgan fingerprint density at radius 1 is 0.931 bits per heavy atom. The molecule has 29 heavy (non-hydrogen) atoms. The minimum absolute atomic E-state index is 0.0516. The standard InChI is InChI=1S/C20H17F3N4O2/c1-28-15-9-8-13(10-16(15)29-2)12-24-27-18-11-17(20(21,22)23)25-19(26-18)14-6-4-3-5-7-14/h3-12H,1-2H3,(H,25,26,27)/b24-12-. The summed E-state index contributed by atoms with van der Waals surface area (Å²) in [4.78, 5) is 7.75. The molecule has 1 aromatic heterocycles. The summed E-state index contributed by atoms with van der Waals surface area (Å²) in [6.07, 6.45) is -3.19. The molecule has 3 aromatic rings. The highest BCUT2D eigenvalue weighted by molar-refractivity contribution is 5.81. The summed E-state index contributed by atoms with van der Waals surface area (Å²) in [6, 6.07) is 14.3. The summed E-state index contributed by atoms with van der Waals surface area (Å²) in [7, 11) is 3.02. The van der Waals surface area contributed by atoms with Gasteiger partial charge >= 0.3 is 6.18 Å². The number of alkyl halides is 3. The number of benzene rings is 2. The van der Waals surface area contributed by atoms with Crippen molar-refractivity contribution in [3.05, 3.63) is 65.9 Å². The third kappa shape index (κ3) is 5.01. The summed E-state index contributed by atoms with van der Waals surface area (Å²) in [6.45, 7) is 0. The average Bonchev–Trinajstić information content (AvgIpc) is 2.73. The molecule has 3 rings (SSSR count). The summed E-state index contributed by atoms with van der Waals surface area (Å²) in [5.74, 6) is 0.923. The molecule has 0 unspecified atom stereocenters. The summed E-state index contributed by atoms with van der Waals surface area (Å²) in [5.41, 5.74) is 2.59. The predicted molar refractivity (Wildman–Crippen MR) is 103 cm³/mol. The van der Waals surface area contributed by atoms with Crippen molar-refractivity contribution in [1.29, 1.82) is 0 Å². The highest BCUT2D eigenvalue weighted by Gasteiger charge is 2.33. The van der Waals surface area contributed by atoms with Gasteiger partial charge in [0.05, 0.1) is 20.4 Å². The van der Waals surface area contributed by atoms with Crippen LogP contribution in [0.25, 0.3) is 11.4 Å². The number of nitrogens with one attached hydrogen (secondary N) is 1. The molecule has 1 heterocycles. The normalized spacial score (nSPS) is 11.5. The predicted octanol–water partition coefficient (Wildman–Crippen LogP) is 4.63. The van der Waals surface area contributed by atoms with Crippen LogP contribution in [0.3, 0.4) is 0 Å². The second-order valence-corrected chi connectivity index (χ2v) is 5.81. The molecule has 9 heteroatoms. The zero-order valence-corrected chi connectivity index (χ0v) is 15.6. The van der Waals surface area contributed by atoms with Gasteiger partial charge in [0.1, 0.15) is 0 Å². The molecule has 1 N–H and O–H groups in total. The molecule has 0 atom stereocenters. The first-order valence-corrected chi connectivity index (χ1v) is 8.43. The summed E-state index contributed by atoms with van der Waals surface area (Å²) < 4.78 is 50.0. The van der Waals surface area contributed by atoms with Crippen LogP contribution in [0.1, 0.15) is 11.3 Å². The van der Waals surface area contributed by atoms with Gasteiger partial charge in [-0.2, -0.15) is 18.3 Å². The number of nitrogens with zero attached hydrogens (tertiary/aromatic N) is 3. The molecular formula is C20H17F3N4O2. The maximum absolute atomic E-state index is 13.2. The minimum atomic E-state index is -4.62. The van der Waals surface area contributed by atoms with Gasteiger partial charge in [-0.1, -0.05) is 30.3 Å². The molecular weight excluding hydrogens is 385 g/mol. The van der Waals surface area contributed by atoms with Gasteiger partial charge in [-0.05, 0) is 23.8 Å². The number of methoxy groups -OCH3 is 2. The van der Waals surface area contributed by atoms with Gasteiger partial charge in [0, 0.05) is 11.6 Å². The molecule has 0 aliphatic carbocycles. The monoisotopic (exact) mass is 402 g/mol. The Kier molecular flexibility index (Phi) is 5.96. The molecule has 0 saturated carbocycles. The second kappa shape index (κ2) is 8.59. The van der Waals surface area contributed by atoms with Crippen LogP contribution in [-0.2, 0) is 6.18 Å². The lowest BCUT2D eigenvalue weighted by molar-refractivity contribution is -0.141. The SMILES string of the molecule is COc1ccc(/C=N\Nc2cc(C(F)(F)F)nc(-c3ccccc3)n2)cc1OC. The highest BCUT2D eigenvalue weighted by Crippen LogP contribution is 2.31. The Hall–Kier alpha value is -3.62. The lowest BCUT2D eigenvalue weighted by atomic mass is 10.2. The van der Waals surface area contributed by atoms with Crippen molar-refractivity contribution < 1.29 is 22.6 Å². The number of aromatic nitrogens is 2. The van der Waals surface area contributed by atoms with E-state index in [0.717, 1.165) is 6.07 Å².